The number of hydrogen-bond donors (Lipinski definition) is 0. The van der Waals surface area contributed by atoms with Crippen molar-refractivity contribution in [1.29, 1.82) is 0 Å². The maximum atomic E-state index is 13.8. The van der Waals surface area contributed by atoms with Crippen LogP contribution >= 0.6 is 22.9 Å². The molecular weight excluding hydrogens is 347 g/mol. The number of para-hydroxylation sites is 1. The summed E-state index contributed by atoms with van der Waals surface area (Å²) in [7, 11) is -3.51. The minimum Gasteiger partial charge on any atom is -0.367 e. The van der Waals surface area contributed by atoms with Gasteiger partial charge in [-0.05, 0) is 24.3 Å². The zero-order valence-corrected chi connectivity index (χ0v) is 14.0. The molecule has 3 rings (SSSR count). The van der Waals surface area contributed by atoms with Crippen LogP contribution in [0.1, 0.15) is 0 Å². The predicted octanol–water partition coefficient (Wildman–Crippen LogP) is 3.05. The Bertz CT molecular complexity index is 771. The summed E-state index contributed by atoms with van der Waals surface area (Å²) in [4.78, 5) is 1.86. The van der Waals surface area contributed by atoms with Gasteiger partial charge in [-0.1, -0.05) is 23.7 Å². The maximum absolute atomic E-state index is 13.8. The second kappa shape index (κ2) is 6.16. The third-order valence-electron chi connectivity index (χ3n) is 3.57. The molecule has 1 aromatic heterocycles. The summed E-state index contributed by atoms with van der Waals surface area (Å²) in [5.74, 6) is -0.288. The summed E-state index contributed by atoms with van der Waals surface area (Å²) in [5, 5.41) is 0. The summed E-state index contributed by atoms with van der Waals surface area (Å²) >= 11 is 6.86. The van der Waals surface area contributed by atoms with Crippen LogP contribution in [0.4, 0.5) is 10.1 Å². The molecule has 0 saturated carbocycles. The van der Waals surface area contributed by atoms with Gasteiger partial charge in [0.05, 0.1) is 10.0 Å². The molecule has 22 heavy (non-hydrogen) atoms. The first-order chi connectivity index (χ1) is 10.5. The van der Waals surface area contributed by atoms with Crippen LogP contribution in [0.3, 0.4) is 0 Å². The van der Waals surface area contributed by atoms with Crippen molar-refractivity contribution in [3.05, 3.63) is 46.6 Å². The van der Waals surface area contributed by atoms with Crippen LogP contribution in [-0.2, 0) is 10.0 Å². The van der Waals surface area contributed by atoms with Crippen molar-refractivity contribution < 1.29 is 12.8 Å². The van der Waals surface area contributed by atoms with E-state index in [9.17, 15) is 12.8 Å². The summed E-state index contributed by atoms with van der Waals surface area (Å²) < 4.78 is 40.9. The standard InChI is InChI=1S/C14H14ClFN2O2S2/c15-13-5-6-14(21-13)22(19,20)18-9-7-17(8-10-18)12-4-2-1-3-11(12)16/h1-6H,7-10H2. The molecule has 1 aliphatic rings. The highest BCUT2D eigenvalue weighted by molar-refractivity contribution is 7.91. The number of nitrogens with zero attached hydrogens (tertiary/aromatic N) is 2. The zero-order chi connectivity index (χ0) is 15.7. The largest absolute Gasteiger partial charge is 0.367 e. The molecule has 2 heterocycles. The molecule has 8 heteroatoms. The smallest absolute Gasteiger partial charge is 0.252 e. The van der Waals surface area contributed by atoms with Crippen molar-refractivity contribution in [1.82, 2.24) is 4.31 Å². The first-order valence-electron chi connectivity index (χ1n) is 6.73. The number of piperazine rings is 1. The molecule has 0 aliphatic carbocycles. The monoisotopic (exact) mass is 360 g/mol. The van der Waals surface area contributed by atoms with Gasteiger partial charge in [0, 0.05) is 26.2 Å². The van der Waals surface area contributed by atoms with Gasteiger partial charge in [-0.15, -0.1) is 11.3 Å². The van der Waals surface area contributed by atoms with Gasteiger partial charge in [0.25, 0.3) is 10.0 Å². The fourth-order valence-corrected chi connectivity index (χ4v) is 5.50. The van der Waals surface area contributed by atoms with Gasteiger partial charge in [-0.25, -0.2) is 12.8 Å². The number of thiophene rings is 1. The van der Waals surface area contributed by atoms with Crippen LogP contribution in [0.25, 0.3) is 0 Å². The predicted molar refractivity (Wildman–Crippen MR) is 86.7 cm³/mol. The Morgan fingerprint density at radius 2 is 1.73 bits per heavy atom. The van der Waals surface area contributed by atoms with Gasteiger partial charge in [0.1, 0.15) is 10.0 Å². The number of rotatable bonds is 3. The van der Waals surface area contributed by atoms with E-state index < -0.39 is 10.0 Å². The Labute approximate surface area is 137 Å². The minimum atomic E-state index is -3.51. The van der Waals surface area contributed by atoms with E-state index in [1.54, 1.807) is 24.3 Å². The van der Waals surface area contributed by atoms with Gasteiger partial charge >= 0.3 is 0 Å². The quantitative estimate of drug-likeness (QED) is 0.844. The van der Waals surface area contributed by atoms with Crippen molar-refractivity contribution in [2.45, 2.75) is 4.21 Å². The number of hydrogen-bond acceptors (Lipinski definition) is 4. The van der Waals surface area contributed by atoms with Gasteiger partial charge in [0.15, 0.2) is 0 Å². The fraction of sp³-hybridized carbons (Fsp3) is 0.286. The van der Waals surface area contributed by atoms with Crippen LogP contribution in [-0.4, -0.2) is 38.9 Å². The molecule has 0 N–H and O–H groups in total. The second-order valence-electron chi connectivity index (χ2n) is 4.90. The van der Waals surface area contributed by atoms with Crippen LogP contribution < -0.4 is 4.90 Å². The Hall–Kier alpha value is -1.15. The number of halogens is 2. The lowest BCUT2D eigenvalue weighted by atomic mass is 10.2. The van der Waals surface area contributed by atoms with E-state index in [0.29, 0.717) is 36.2 Å². The summed E-state index contributed by atoms with van der Waals surface area (Å²) in [6.45, 7) is 1.57. The molecule has 118 valence electrons. The van der Waals surface area contributed by atoms with Crippen LogP contribution in [0.5, 0.6) is 0 Å². The first-order valence-corrected chi connectivity index (χ1v) is 9.37. The van der Waals surface area contributed by atoms with E-state index in [2.05, 4.69) is 0 Å². The molecule has 2 aromatic rings. The average Bonchev–Trinajstić information content (AvgIpc) is 2.95. The van der Waals surface area contributed by atoms with Crippen molar-refractivity contribution in [2.75, 3.05) is 31.1 Å². The van der Waals surface area contributed by atoms with Crippen LogP contribution in [0.15, 0.2) is 40.6 Å². The first kappa shape index (κ1) is 15.7. The molecule has 0 spiro atoms. The average molecular weight is 361 g/mol. The lowest BCUT2D eigenvalue weighted by molar-refractivity contribution is 0.384. The Kier molecular flexibility index (Phi) is 4.40. The molecule has 0 unspecified atom stereocenters. The summed E-state index contributed by atoms with van der Waals surface area (Å²) in [6, 6.07) is 9.63. The maximum Gasteiger partial charge on any atom is 0.252 e. The SMILES string of the molecule is O=S(=O)(c1ccc(Cl)s1)N1CCN(c2ccccc2F)CC1. The van der Waals surface area contributed by atoms with E-state index in [4.69, 9.17) is 11.6 Å². The van der Waals surface area contributed by atoms with Gasteiger partial charge in [-0.3, -0.25) is 0 Å². The minimum absolute atomic E-state index is 0.247. The van der Waals surface area contributed by atoms with Gasteiger partial charge in [0.2, 0.25) is 0 Å². The number of sulfonamides is 1. The van der Waals surface area contributed by atoms with Gasteiger partial charge in [-0.2, -0.15) is 4.31 Å². The van der Waals surface area contributed by atoms with E-state index in [0.717, 1.165) is 11.3 Å². The Morgan fingerprint density at radius 1 is 1.05 bits per heavy atom. The normalized spacial score (nSPS) is 16.9. The van der Waals surface area contributed by atoms with Crippen molar-refractivity contribution in [3.63, 3.8) is 0 Å². The van der Waals surface area contributed by atoms with E-state index >= 15 is 0 Å². The molecule has 1 fully saturated rings. The van der Waals surface area contributed by atoms with E-state index in [1.165, 1.54) is 16.4 Å². The topological polar surface area (TPSA) is 40.6 Å². The van der Waals surface area contributed by atoms with Crippen LogP contribution in [0.2, 0.25) is 4.34 Å². The number of benzene rings is 1. The molecule has 1 aromatic carbocycles. The van der Waals surface area contributed by atoms with Crippen molar-refractivity contribution >= 4 is 38.6 Å². The van der Waals surface area contributed by atoms with Gasteiger partial charge < -0.3 is 4.90 Å². The summed E-state index contributed by atoms with van der Waals surface area (Å²) in [5.41, 5.74) is 0.513. The van der Waals surface area contributed by atoms with Crippen LogP contribution in [0, 0.1) is 5.82 Å². The lowest BCUT2D eigenvalue weighted by Crippen LogP contribution is -2.48. The molecular formula is C14H14ClFN2O2S2. The third-order valence-corrected chi connectivity index (χ3v) is 7.17. The highest BCUT2D eigenvalue weighted by Crippen LogP contribution is 2.29. The van der Waals surface area contributed by atoms with Crippen molar-refractivity contribution in [3.8, 4) is 0 Å². The molecule has 0 atom stereocenters. The molecule has 4 nitrogen and oxygen atoms in total. The molecule has 1 saturated heterocycles. The highest BCUT2D eigenvalue weighted by atomic mass is 35.5. The Balaban J connectivity index is 1.73. The summed E-state index contributed by atoms with van der Waals surface area (Å²) in [6.07, 6.45) is 0. The molecule has 0 amide bonds. The van der Waals surface area contributed by atoms with E-state index in [-0.39, 0.29) is 10.0 Å². The second-order valence-corrected chi connectivity index (χ2v) is 8.78. The lowest BCUT2D eigenvalue weighted by Gasteiger charge is -2.35. The zero-order valence-electron chi connectivity index (χ0n) is 11.6. The van der Waals surface area contributed by atoms with E-state index in [1.807, 2.05) is 4.90 Å². The highest BCUT2D eigenvalue weighted by Gasteiger charge is 2.30. The molecule has 1 aliphatic heterocycles. The fourth-order valence-electron chi connectivity index (χ4n) is 2.44. The number of anilines is 1. The Morgan fingerprint density at radius 3 is 2.32 bits per heavy atom. The third kappa shape index (κ3) is 2.99. The molecule has 0 bridgehead atoms. The van der Waals surface area contributed by atoms with Crippen molar-refractivity contribution in [2.24, 2.45) is 0 Å². The molecule has 0 radical (unpaired) electrons.